The molecule has 0 saturated carbocycles. The van der Waals surface area contributed by atoms with Crippen LogP contribution in [0.1, 0.15) is 34.2 Å². The molecule has 0 aliphatic carbocycles. The van der Waals surface area contributed by atoms with Crippen molar-refractivity contribution in [3.8, 4) is 0 Å². The lowest BCUT2D eigenvalue weighted by atomic mass is 9.93. The number of hydrogen-bond donors (Lipinski definition) is 1. The Morgan fingerprint density at radius 2 is 2.17 bits per heavy atom. The van der Waals surface area contributed by atoms with Gasteiger partial charge in [-0.05, 0) is 23.3 Å². The van der Waals surface area contributed by atoms with E-state index in [1.54, 1.807) is 6.07 Å². The van der Waals surface area contributed by atoms with Crippen LogP contribution in [0.3, 0.4) is 0 Å². The molecule has 1 aliphatic heterocycles. The number of furan rings is 1. The number of aliphatic carboxylic acids is 1. The monoisotopic (exact) mass is 377 g/mol. The lowest BCUT2D eigenvalue weighted by Gasteiger charge is -2.34. The molecule has 0 spiro atoms. The first-order valence-corrected chi connectivity index (χ1v) is 8.18. The topological polar surface area (TPSA) is 70.8 Å². The molecule has 5 nitrogen and oxygen atoms in total. The van der Waals surface area contributed by atoms with Crippen molar-refractivity contribution < 1.29 is 19.1 Å². The molecule has 0 bridgehead atoms. The summed E-state index contributed by atoms with van der Waals surface area (Å²) in [5.74, 6) is -0.714. The number of benzene rings is 1. The van der Waals surface area contributed by atoms with Gasteiger partial charge in [-0.25, -0.2) is 4.79 Å². The van der Waals surface area contributed by atoms with Gasteiger partial charge in [-0.2, -0.15) is 0 Å². The maximum absolute atomic E-state index is 12.8. The first-order valence-electron chi connectivity index (χ1n) is 7.39. The number of carboxylic acids is 1. The number of amides is 1. The predicted octanol–water partition coefficient (Wildman–Crippen LogP) is 3.26. The van der Waals surface area contributed by atoms with Gasteiger partial charge in [0.05, 0.1) is 11.8 Å². The first kappa shape index (κ1) is 15.8. The SMILES string of the molecule is CCc1occc1C(=O)N1Cc2cccc(Br)c2CC1C(=O)O. The first-order chi connectivity index (χ1) is 11.0. The van der Waals surface area contributed by atoms with E-state index in [4.69, 9.17) is 4.42 Å². The lowest BCUT2D eigenvalue weighted by molar-refractivity contribution is -0.142. The maximum Gasteiger partial charge on any atom is 0.326 e. The summed E-state index contributed by atoms with van der Waals surface area (Å²) >= 11 is 3.47. The number of aryl methyl sites for hydroxylation is 1. The van der Waals surface area contributed by atoms with E-state index in [0.29, 0.717) is 17.7 Å². The quantitative estimate of drug-likeness (QED) is 0.890. The summed E-state index contributed by atoms with van der Waals surface area (Å²) in [5, 5.41) is 9.57. The minimum absolute atomic E-state index is 0.277. The third kappa shape index (κ3) is 2.79. The van der Waals surface area contributed by atoms with Crippen LogP contribution in [0.5, 0.6) is 0 Å². The fraction of sp³-hybridized carbons (Fsp3) is 0.294. The van der Waals surface area contributed by atoms with Gasteiger partial charge < -0.3 is 14.4 Å². The highest BCUT2D eigenvalue weighted by atomic mass is 79.9. The molecule has 6 heteroatoms. The van der Waals surface area contributed by atoms with Crippen molar-refractivity contribution in [2.75, 3.05) is 0 Å². The summed E-state index contributed by atoms with van der Waals surface area (Å²) in [6.07, 6.45) is 2.34. The Morgan fingerprint density at radius 1 is 1.39 bits per heavy atom. The van der Waals surface area contributed by atoms with Gasteiger partial charge >= 0.3 is 5.97 Å². The highest BCUT2D eigenvalue weighted by Gasteiger charge is 2.36. The summed E-state index contributed by atoms with van der Waals surface area (Å²) in [6.45, 7) is 2.17. The molecule has 1 aromatic heterocycles. The molecule has 2 aromatic rings. The van der Waals surface area contributed by atoms with Crippen molar-refractivity contribution >= 4 is 27.8 Å². The van der Waals surface area contributed by atoms with Gasteiger partial charge in [-0.1, -0.05) is 35.0 Å². The highest BCUT2D eigenvalue weighted by molar-refractivity contribution is 9.10. The molecule has 1 aromatic carbocycles. The number of halogens is 1. The van der Waals surface area contributed by atoms with Crippen LogP contribution < -0.4 is 0 Å². The molecule has 1 unspecified atom stereocenters. The zero-order chi connectivity index (χ0) is 16.6. The normalized spacial score (nSPS) is 17.0. The van der Waals surface area contributed by atoms with E-state index in [1.165, 1.54) is 11.2 Å². The van der Waals surface area contributed by atoms with Crippen molar-refractivity contribution in [1.82, 2.24) is 4.90 Å². The Hall–Kier alpha value is -2.08. The summed E-state index contributed by atoms with van der Waals surface area (Å²) in [4.78, 5) is 25.9. The van der Waals surface area contributed by atoms with Gasteiger partial charge in [-0.3, -0.25) is 4.79 Å². The molecule has 1 atom stereocenters. The fourth-order valence-corrected chi connectivity index (χ4v) is 3.54. The van der Waals surface area contributed by atoms with Crippen molar-refractivity contribution in [1.29, 1.82) is 0 Å². The van der Waals surface area contributed by atoms with Gasteiger partial charge in [0.15, 0.2) is 0 Å². The van der Waals surface area contributed by atoms with Crippen molar-refractivity contribution in [3.05, 3.63) is 57.5 Å². The second-order valence-corrected chi connectivity index (χ2v) is 6.33. The average molecular weight is 378 g/mol. The zero-order valence-corrected chi connectivity index (χ0v) is 14.2. The van der Waals surface area contributed by atoms with Crippen molar-refractivity contribution in [2.45, 2.75) is 32.4 Å². The van der Waals surface area contributed by atoms with Gasteiger partial charge in [0.2, 0.25) is 0 Å². The van der Waals surface area contributed by atoms with E-state index >= 15 is 0 Å². The van der Waals surface area contributed by atoms with E-state index in [2.05, 4.69) is 15.9 Å². The predicted molar refractivity (Wildman–Crippen MR) is 87.2 cm³/mol. The van der Waals surface area contributed by atoms with Gasteiger partial charge in [-0.15, -0.1) is 0 Å². The Bertz CT molecular complexity index is 768. The van der Waals surface area contributed by atoms with E-state index < -0.39 is 12.0 Å². The van der Waals surface area contributed by atoms with Gasteiger partial charge in [0.1, 0.15) is 11.8 Å². The second-order valence-electron chi connectivity index (χ2n) is 5.48. The maximum atomic E-state index is 12.8. The Morgan fingerprint density at radius 3 is 2.87 bits per heavy atom. The number of nitrogens with zero attached hydrogens (tertiary/aromatic N) is 1. The molecule has 2 heterocycles. The molecular weight excluding hydrogens is 362 g/mol. The summed E-state index contributed by atoms with van der Waals surface area (Å²) in [6, 6.07) is 6.43. The Balaban J connectivity index is 2.00. The van der Waals surface area contributed by atoms with Crippen molar-refractivity contribution in [2.24, 2.45) is 0 Å². The van der Waals surface area contributed by atoms with E-state index in [-0.39, 0.29) is 18.9 Å². The number of hydrogen-bond acceptors (Lipinski definition) is 3. The minimum Gasteiger partial charge on any atom is -0.480 e. The van der Waals surface area contributed by atoms with Crippen LogP contribution in [0.15, 0.2) is 39.4 Å². The molecule has 3 rings (SSSR count). The van der Waals surface area contributed by atoms with Crippen molar-refractivity contribution in [3.63, 3.8) is 0 Å². The summed E-state index contributed by atoms with van der Waals surface area (Å²) in [5.41, 5.74) is 2.36. The van der Waals surface area contributed by atoms with Crippen LogP contribution >= 0.6 is 15.9 Å². The molecule has 120 valence electrons. The number of carbonyl (C=O) groups is 2. The number of carbonyl (C=O) groups excluding carboxylic acids is 1. The van der Waals surface area contributed by atoms with Crippen LogP contribution in [-0.4, -0.2) is 27.9 Å². The number of rotatable bonds is 3. The largest absolute Gasteiger partial charge is 0.480 e. The summed E-state index contributed by atoms with van der Waals surface area (Å²) < 4.78 is 6.19. The molecule has 0 saturated heterocycles. The number of fused-ring (bicyclic) bond motifs is 1. The van der Waals surface area contributed by atoms with Gasteiger partial charge in [0, 0.05) is 23.9 Å². The summed E-state index contributed by atoms with van der Waals surface area (Å²) in [7, 11) is 0. The molecule has 1 aliphatic rings. The van der Waals surface area contributed by atoms with Crippen LogP contribution in [0.4, 0.5) is 0 Å². The molecule has 1 N–H and O–H groups in total. The highest BCUT2D eigenvalue weighted by Crippen LogP contribution is 2.31. The van der Waals surface area contributed by atoms with Crippen LogP contribution in [-0.2, 0) is 24.2 Å². The minimum atomic E-state index is -0.999. The third-order valence-electron chi connectivity index (χ3n) is 4.17. The fourth-order valence-electron chi connectivity index (χ4n) is 2.97. The zero-order valence-electron chi connectivity index (χ0n) is 12.6. The Labute approximate surface area is 142 Å². The van der Waals surface area contributed by atoms with Crippen LogP contribution in [0, 0.1) is 0 Å². The number of carboxylic acid groups (broad SMARTS) is 1. The van der Waals surface area contributed by atoms with E-state index in [9.17, 15) is 14.7 Å². The third-order valence-corrected chi connectivity index (χ3v) is 4.92. The average Bonchev–Trinajstić information content (AvgIpc) is 3.02. The second kappa shape index (κ2) is 6.20. The standard InChI is InChI=1S/C17H16BrNO4/c1-2-15-11(6-7-23-15)16(20)19-9-10-4-3-5-13(18)12(10)8-14(19)17(21)22/h3-7,14H,2,8-9H2,1H3,(H,21,22). The molecule has 23 heavy (non-hydrogen) atoms. The molecule has 0 radical (unpaired) electrons. The van der Waals surface area contributed by atoms with Gasteiger partial charge in [0.25, 0.3) is 5.91 Å². The smallest absolute Gasteiger partial charge is 0.326 e. The van der Waals surface area contributed by atoms with Crippen LogP contribution in [0.25, 0.3) is 0 Å². The Kier molecular flexibility index (Phi) is 4.26. The lowest BCUT2D eigenvalue weighted by Crippen LogP contribution is -2.48. The van der Waals surface area contributed by atoms with E-state index in [0.717, 1.165) is 15.6 Å². The molecule has 0 fully saturated rings. The van der Waals surface area contributed by atoms with Crippen LogP contribution in [0.2, 0.25) is 0 Å². The van der Waals surface area contributed by atoms with E-state index in [1.807, 2.05) is 25.1 Å². The molecular formula is C17H16BrNO4. The molecule has 1 amide bonds.